The SMILES string of the molecule is CN(Cc1ccc(N)cc1C(F)(F)F)C1CC1. The van der Waals surface area contributed by atoms with Gasteiger partial charge >= 0.3 is 6.18 Å². The first kappa shape index (κ1) is 12.2. The van der Waals surface area contributed by atoms with E-state index >= 15 is 0 Å². The lowest BCUT2D eigenvalue weighted by Crippen LogP contribution is -2.22. The van der Waals surface area contributed by atoms with Gasteiger partial charge in [-0.15, -0.1) is 0 Å². The van der Waals surface area contributed by atoms with E-state index in [0.717, 1.165) is 18.9 Å². The summed E-state index contributed by atoms with van der Waals surface area (Å²) in [7, 11) is 1.86. The van der Waals surface area contributed by atoms with E-state index in [1.807, 2.05) is 11.9 Å². The summed E-state index contributed by atoms with van der Waals surface area (Å²) in [4.78, 5) is 1.96. The molecular formula is C12H15F3N2. The van der Waals surface area contributed by atoms with E-state index in [2.05, 4.69) is 0 Å². The van der Waals surface area contributed by atoms with Crippen LogP contribution in [0.2, 0.25) is 0 Å². The summed E-state index contributed by atoms with van der Waals surface area (Å²) in [5.41, 5.74) is 5.23. The van der Waals surface area contributed by atoms with Crippen LogP contribution < -0.4 is 5.73 Å². The predicted molar refractivity (Wildman–Crippen MR) is 60.3 cm³/mol. The molecule has 0 aromatic heterocycles. The van der Waals surface area contributed by atoms with Gasteiger partial charge in [-0.3, -0.25) is 4.90 Å². The van der Waals surface area contributed by atoms with E-state index in [1.165, 1.54) is 12.1 Å². The van der Waals surface area contributed by atoms with Crippen LogP contribution in [0.4, 0.5) is 18.9 Å². The third-order valence-corrected chi connectivity index (χ3v) is 3.03. The third kappa shape index (κ3) is 2.91. The molecule has 0 saturated heterocycles. The summed E-state index contributed by atoms with van der Waals surface area (Å²) in [6.45, 7) is 0.319. The predicted octanol–water partition coefficient (Wildman–Crippen LogP) is 2.88. The Balaban J connectivity index is 2.25. The zero-order valence-electron chi connectivity index (χ0n) is 9.59. The molecule has 0 spiro atoms. The van der Waals surface area contributed by atoms with Crippen molar-refractivity contribution in [3.05, 3.63) is 29.3 Å². The van der Waals surface area contributed by atoms with Gasteiger partial charge in [0.1, 0.15) is 0 Å². The van der Waals surface area contributed by atoms with Gasteiger partial charge in [0, 0.05) is 18.3 Å². The van der Waals surface area contributed by atoms with Crippen LogP contribution >= 0.6 is 0 Å². The number of rotatable bonds is 3. The molecule has 1 aliphatic carbocycles. The average molecular weight is 244 g/mol. The zero-order chi connectivity index (χ0) is 12.6. The first-order valence-corrected chi connectivity index (χ1v) is 5.54. The standard InChI is InChI=1S/C12H15F3N2/c1-17(10-4-5-10)7-8-2-3-9(16)6-11(8)12(13,14)15/h2-3,6,10H,4-5,7,16H2,1H3. The third-order valence-electron chi connectivity index (χ3n) is 3.03. The number of benzene rings is 1. The second-order valence-corrected chi connectivity index (χ2v) is 4.56. The van der Waals surface area contributed by atoms with Crippen molar-refractivity contribution in [1.29, 1.82) is 0 Å². The summed E-state index contributed by atoms with van der Waals surface area (Å²) in [5, 5.41) is 0. The number of nitrogens with zero attached hydrogens (tertiary/aromatic N) is 1. The molecule has 2 nitrogen and oxygen atoms in total. The molecule has 17 heavy (non-hydrogen) atoms. The number of hydrogen-bond donors (Lipinski definition) is 1. The molecule has 0 unspecified atom stereocenters. The highest BCUT2D eigenvalue weighted by atomic mass is 19.4. The van der Waals surface area contributed by atoms with Gasteiger partial charge in [0.25, 0.3) is 0 Å². The van der Waals surface area contributed by atoms with E-state index in [4.69, 9.17) is 5.73 Å². The maximum atomic E-state index is 12.8. The number of anilines is 1. The molecule has 1 saturated carbocycles. The molecule has 1 aromatic rings. The minimum Gasteiger partial charge on any atom is -0.399 e. The molecular weight excluding hydrogens is 229 g/mol. The first-order chi connectivity index (χ1) is 7.88. The van der Waals surface area contributed by atoms with Gasteiger partial charge in [0.2, 0.25) is 0 Å². The average Bonchev–Trinajstić information content (AvgIpc) is 3.02. The van der Waals surface area contributed by atoms with Crippen LogP contribution in [-0.2, 0) is 12.7 Å². The van der Waals surface area contributed by atoms with Gasteiger partial charge in [0.15, 0.2) is 0 Å². The van der Waals surface area contributed by atoms with E-state index in [1.54, 1.807) is 0 Å². The highest BCUT2D eigenvalue weighted by Gasteiger charge is 2.34. The van der Waals surface area contributed by atoms with Crippen molar-refractivity contribution < 1.29 is 13.2 Å². The lowest BCUT2D eigenvalue weighted by molar-refractivity contribution is -0.138. The number of alkyl halides is 3. The fourth-order valence-electron chi connectivity index (χ4n) is 1.91. The number of hydrogen-bond acceptors (Lipinski definition) is 2. The quantitative estimate of drug-likeness (QED) is 0.828. The van der Waals surface area contributed by atoms with Gasteiger partial charge in [0.05, 0.1) is 5.56 Å². The zero-order valence-corrected chi connectivity index (χ0v) is 9.59. The van der Waals surface area contributed by atoms with Crippen molar-refractivity contribution in [2.75, 3.05) is 12.8 Å². The molecule has 5 heteroatoms. The van der Waals surface area contributed by atoms with E-state index in [0.29, 0.717) is 18.2 Å². The summed E-state index contributed by atoms with van der Waals surface area (Å²) >= 11 is 0. The Labute approximate surface area is 98.2 Å². The largest absolute Gasteiger partial charge is 0.416 e. The maximum Gasteiger partial charge on any atom is 0.416 e. The summed E-state index contributed by atoms with van der Waals surface area (Å²) in [6.07, 6.45) is -2.19. The maximum absolute atomic E-state index is 12.8. The fourth-order valence-corrected chi connectivity index (χ4v) is 1.91. The topological polar surface area (TPSA) is 29.3 Å². The summed E-state index contributed by atoms with van der Waals surface area (Å²) in [5.74, 6) is 0. The van der Waals surface area contributed by atoms with E-state index in [9.17, 15) is 13.2 Å². The van der Waals surface area contributed by atoms with Gasteiger partial charge in [-0.25, -0.2) is 0 Å². The number of nitrogen functional groups attached to an aromatic ring is 1. The summed E-state index contributed by atoms with van der Waals surface area (Å²) < 4.78 is 38.5. The summed E-state index contributed by atoms with van der Waals surface area (Å²) in [6, 6.07) is 4.44. The number of nitrogens with two attached hydrogens (primary N) is 1. The smallest absolute Gasteiger partial charge is 0.399 e. The minimum absolute atomic E-state index is 0.148. The molecule has 0 heterocycles. The van der Waals surface area contributed by atoms with Gasteiger partial charge in [-0.2, -0.15) is 13.2 Å². The van der Waals surface area contributed by atoms with Crippen LogP contribution in [0, 0.1) is 0 Å². The molecule has 0 radical (unpaired) electrons. The Bertz CT molecular complexity index is 411. The molecule has 94 valence electrons. The van der Waals surface area contributed by atoms with Crippen molar-refractivity contribution in [2.45, 2.75) is 31.6 Å². The van der Waals surface area contributed by atoms with Crippen LogP contribution in [0.3, 0.4) is 0 Å². The Morgan fingerprint density at radius 3 is 2.53 bits per heavy atom. The molecule has 2 rings (SSSR count). The van der Waals surface area contributed by atoms with Gasteiger partial charge < -0.3 is 5.73 Å². The molecule has 0 atom stereocenters. The lowest BCUT2D eigenvalue weighted by Gasteiger charge is -2.19. The minimum atomic E-state index is -4.34. The fraction of sp³-hybridized carbons (Fsp3) is 0.500. The highest BCUT2D eigenvalue weighted by molar-refractivity contribution is 5.46. The Morgan fingerprint density at radius 1 is 1.35 bits per heavy atom. The highest BCUT2D eigenvalue weighted by Crippen LogP contribution is 2.35. The van der Waals surface area contributed by atoms with E-state index in [-0.39, 0.29) is 5.69 Å². The monoisotopic (exact) mass is 244 g/mol. The van der Waals surface area contributed by atoms with Crippen molar-refractivity contribution in [2.24, 2.45) is 0 Å². The molecule has 0 bridgehead atoms. The van der Waals surface area contributed by atoms with Gasteiger partial charge in [-0.1, -0.05) is 6.07 Å². The normalized spacial score (nSPS) is 16.5. The van der Waals surface area contributed by atoms with E-state index < -0.39 is 11.7 Å². The Morgan fingerprint density at radius 2 is 2.00 bits per heavy atom. The Kier molecular flexibility index (Phi) is 3.03. The first-order valence-electron chi connectivity index (χ1n) is 5.54. The second-order valence-electron chi connectivity index (χ2n) is 4.56. The van der Waals surface area contributed by atoms with Crippen LogP contribution in [-0.4, -0.2) is 18.0 Å². The lowest BCUT2D eigenvalue weighted by atomic mass is 10.1. The molecule has 1 aliphatic rings. The van der Waals surface area contributed by atoms with Crippen molar-refractivity contribution in [3.8, 4) is 0 Å². The van der Waals surface area contributed by atoms with Crippen LogP contribution in [0.15, 0.2) is 18.2 Å². The van der Waals surface area contributed by atoms with Crippen molar-refractivity contribution in [3.63, 3.8) is 0 Å². The van der Waals surface area contributed by atoms with Crippen molar-refractivity contribution in [1.82, 2.24) is 4.90 Å². The number of halogens is 3. The van der Waals surface area contributed by atoms with Crippen LogP contribution in [0.5, 0.6) is 0 Å². The molecule has 0 aliphatic heterocycles. The molecule has 1 fully saturated rings. The van der Waals surface area contributed by atoms with Crippen molar-refractivity contribution >= 4 is 5.69 Å². The van der Waals surface area contributed by atoms with Crippen LogP contribution in [0.1, 0.15) is 24.0 Å². The molecule has 1 aromatic carbocycles. The molecule has 2 N–H and O–H groups in total. The van der Waals surface area contributed by atoms with Crippen LogP contribution in [0.25, 0.3) is 0 Å². The molecule has 0 amide bonds. The van der Waals surface area contributed by atoms with Gasteiger partial charge in [-0.05, 0) is 37.6 Å². The Hall–Kier alpha value is -1.23. The second kappa shape index (κ2) is 4.22.